The van der Waals surface area contributed by atoms with Crippen LogP contribution < -0.4 is 5.73 Å². The number of pyridine rings is 1. The van der Waals surface area contributed by atoms with Crippen LogP contribution in [0.3, 0.4) is 0 Å². The largest absolute Gasteiger partial charge is 0.384 e. The van der Waals surface area contributed by atoms with Gasteiger partial charge in [-0.3, -0.25) is 0 Å². The molecule has 2 N–H and O–H groups in total. The number of anilines is 1. The van der Waals surface area contributed by atoms with Gasteiger partial charge in [0.05, 0.1) is 5.69 Å². The summed E-state index contributed by atoms with van der Waals surface area (Å²) in [6, 6.07) is 1.21. The first-order valence-electron chi connectivity index (χ1n) is 3.35. The van der Waals surface area contributed by atoms with Gasteiger partial charge in [-0.25, -0.2) is 13.8 Å². The molecule has 6 heteroatoms. The van der Waals surface area contributed by atoms with Crippen LogP contribution in [0.15, 0.2) is 6.07 Å². The third-order valence-corrected chi connectivity index (χ3v) is 3.21. The first-order valence-corrected chi connectivity index (χ1v) is 5.55. The van der Waals surface area contributed by atoms with Crippen molar-refractivity contribution < 1.29 is 8.78 Å². The van der Waals surface area contributed by atoms with Crippen molar-refractivity contribution in [3.63, 3.8) is 0 Å². The zero-order valence-corrected chi connectivity index (χ0v) is 10.1. The highest BCUT2D eigenvalue weighted by Gasteiger charge is 2.15. The van der Waals surface area contributed by atoms with Crippen LogP contribution in [0.25, 0.3) is 0 Å². The molecule has 0 amide bonds. The highest BCUT2D eigenvalue weighted by Crippen LogP contribution is 2.28. The molecule has 0 unspecified atom stereocenters. The van der Waals surface area contributed by atoms with Gasteiger partial charge in [-0.05, 0) is 28.7 Å². The molecule has 1 aromatic heterocycles. The fourth-order valence-electron chi connectivity index (χ4n) is 0.874. The Morgan fingerprint density at radius 1 is 1.62 bits per heavy atom. The molecule has 2 nitrogen and oxygen atoms in total. The number of hydrogen-bond donors (Lipinski definition) is 1. The van der Waals surface area contributed by atoms with Gasteiger partial charge < -0.3 is 5.73 Å². The van der Waals surface area contributed by atoms with E-state index >= 15 is 0 Å². The molecule has 0 aromatic carbocycles. The van der Waals surface area contributed by atoms with Crippen molar-refractivity contribution in [2.24, 2.45) is 0 Å². The van der Waals surface area contributed by atoms with Crippen molar-refractivity contribution in [3.05, 3.63) is 20.9 Å². The van der Waals surface area contributed by atoms with Crippen LogP contribution in [0.4, 0.5) is 14.6 Å². The van der Waals surface area contributed by atoms with E-state index in [0.29, 0.717) is 14.6 Å². The second-order valence-electron chi connectivity index (χ2n) is 2.33. The topological polar surface area (TPSA) is 38.9 Å². The van der Waals surface area contributed by atoms with E-state index in [-0.39, 0.29) is 11.4 Å². The minimum atomic E-state index is -2.50. The van der Waals surface area contributed by atoms with Crippen LogP contribution in [-0.4, -0.2) is 4.98 Å². The first kappa shape index (κ1) is 11.1. The molecule has 0 radical (unpaired) electrons. The minimum Gasteiger partial charge on any atom is -0.384 e. The average Bonchev–Trinajstić information content (AvgIpc) is 2.08. The molecule has 0 spiro atoms. The van der Waals surface area contributed by atoms with Gasteiger partial charge in [0, 0.05) is 14.5 Å². The van der Waals surface area contributed by atoms with E-state index in [9.17, 15) is 8.78 Å². The maximum atomic E-state index is 12.4. The summed E-state index contributed by atoms with van der Waals surface area (Å²) < 4.78 is 25.3. The summed E-state index contributed by atoms with van der Waals surface area (Å²) in [5, 5.41) is 0.427. The van der Waals surface area contributed by atoms with Gasteiger partial charge in [-0.15, -0.1) is 0 Å². The zero-order valence-electron chi connectivity index (χ0n) is 6.40. The van der Waals surface area contributed by atoms with E-state index in [1.165, 1.54) is 6.07 Å². The predicted octanol–water partition coefficient (Wildman–Crippen LogP) is 3.10. The second kappa shape index (κ2) is 4.50. The minimum absolute atomic E-state index is 0.0532. The Balaban J connectivity index is 3.27. The molecule has 0 aliphatic carbocycles. The number of aromatic nitrogens is 1. The summed E-state index contributed by atoms with van der Waals surface area (Å²) in [4.78, 5) is 3.92. The fourth-order valence-corrected chi connectivity index (χ4v) is 2.51. The number of nitrogens with two attached hydrogens (primary N) is 1. The Morgan fingerprint density at radius 2 is 2.23 bits per heavy atom. The molecule has 13 heavy (non-hydrogen) atoms. The molecular weight excluding hydrogens is 357 g/mol. The van der Waals surface area contributed by atoms with Crippen molar-refractivity contribution in [1.82, 2.24) is 4.98 Å². The van der Waals surface area contributed by atoms with Gasteiger partial charge in [0.1, 0.15) is 5.82 Å². The lowest BCUT2D eigenvalue weighted by Crippen LogP contribution is -2.02. The SMILES string of the molecule is Nc1cc(C(F)F)c(I)c(CBr)n1. The number of alkyl halides is 3. The molecule has 1 aromatic rings. The van der Waals surface area contributed by atoms with E-state index in [1.54, 1.807) is 0 Å². The Labute approximate surface area is 96.2 Å². The van der Waals surface area contributed by atoms with Crippen LogP contribution in [0, 0.1) is 3.57 Å². The number of hydrogen-bond acceptors (Lipinski definition) is 2. The maximum Gasteiger partial charge on any atom is 0.265 e. The van der Waals surface area contributed by atoms with Crippen LogP contribution in [-0.2, 0) is 5.33 Å². The molecule has 0 aliphatic rings. The van der Waals surface area contributed by atoms with Crippen molar-refractivity contribution in [2.75, 3.05) is 5.73 Å². The third kappa shape index (κ3) is 2.49. The van der Waals surface area contributed by atoms with Crippen molar-refractivity contribution >= 4 is 44.3 Å². The smallest absolute Gasteiger partial charge is 0.265 e. The van der Waals surface area contributed by atoms with Crippen LogP contribution in [0.1, 0.15) is 17.7 Å². The molecule has 0 bridgehead atoms. The van der Waals surface area contributed by atoms with E-state index in [2.05, 4.69) is 20.9 Å². The average molecular weight is 363 g/mol. The van der Waals surface area contributed by atoms with Gasteiger partial charge in [0.15, 0.2) is 0 Å². The number of halogens is 4. The Bertz CT molecular complexity index is 320. The van der Waals surface area contributed by atoms with Crippen molar-refractivity contribution in [3.8, 4) is 0 Å². The van der Waals surface area contributed by atoms with Gasteiger partial charge in [0.2, 0.25) is 0 Å². The third-order valence-electron chi connectivity index (χ3n) is 1.44. The summed E-state index contributed by atoms with van der Waals surface area (Å²) >= 11 is 5.00. The summed E-state index contributed by atoms with van der Waals surface area (Å²) in [6.45, 7) is 0. The van der Waals surface area contributed by atoms with E-state index in [4.69, 9.17) is 5.73 Å². The molecule has 0 saturated carbocycles. The highest BCUT2D eigenvalue weighted by molar-refractivity contribution is 14.1. The number of rotatable bonds is 2. The maximum absolute atomic E-state index is 12.4. The lowest BCUT2D eigenvalue weighted by Gasteiger charge is -2.07. The Hall–Kier alpha value is 0.0200. The van der Waals surface area contributed by atoms with E-state index in [1.807, 2.05) is 22.6 Å². The molecule has 0 aliphatic heterocycles. The summed E-state index contributed by atoms with van der Waals surface area (Å²) in [6.07, 6.45) is -2.50. The second-order valence-corrected chi connectivity index (χ2v) is 3.97. The molecular formula is C7H6BrF2IN2. The molecule has 0 saturated heterocycles. The molecule has 1 rings (SSSR count). The van der Waals surface area contributed by atoms with Crippen LogP contribution in [0.2, 0.25) is 0 Å². The Morgan fingerprint density at radius 3 is 2.69 bits per heavy atom. The molecule has 1 heterocycles. The number of nitrogens with zero attached hydrogens (tertiary/aromatic N) is 1. The van der Waals surface area contributed by atoms with Crippen molar-refractivity contribution in [1.29, 1.82) is 0 Å². The molecule has 72 valence electrons. The lowest BCUT2D eigenvalue weighted by atomic mass is 10.2. The van der Waals surface area contributed by atoms with Gasteiger partial charge in [-0.1, -0.05) is 15.9 Å². The molecule has 0 fully saturated rings. The Kier molecular flexibility index (Phi) is 3.84. The van der Waals surface area contributed by atoms with Crippen molar-refractivity contribution in [2.45, 2.75) is 11.8 Å². The lowest BCUT2D eigenvalue weighted by molar-refractivity contribution is 0.150. The summed E-state index contributed by atoms with van der Waals surface area (Å²) in [5.74, 6) is 0.130. The standard InChI is InChI=1S/C7H6BrF2IN2/c8-2-4-6(11)3(7(9)10)1-5(12)13-4/h1,7H,2H2,(H2,12,13). The van der Waals surface area contributed by atoms with Crippen LogP contribution >= 0.6 is 38.5 Å². The summed E-state index contributed by atoms with van der Waals surface area (Å²) in [7, 11) is 0. The van der Waals surface area contributed by atoms with Gasteiger partial charge >= 0.3 is 0 Å². The quantitative estimate of drug-likeness (QED) is 0.648. The number of nitrogen functional groups attached to an aromatic ring is 1. The van der Waals surface area contributed by atoms with E-state index < -0.39 is 6.43 Å². The van der Waals surface area contributed by atoms with Gasteiger partial charge in [0.25, 0.3) is 6.43 Å². The monoisotopic (exact) mass is 362 g/mol. The normalized spacial score (nSPS) is 10.8. The predicted molar refractivity (Wildman–Crippen MR) is 59.0 cm³/mol. The zero-order chi connectivity index (χ0) is 10.0. The fraction of sp³-hybridized carbons (Fsp3) is 0.286. The highest BCUT2D eigenvalue weighted by atomic mass is 127. The van der Waals surface area contributed by atoms with Gasteiger partial charge in [-0.2, -0.15) is 0 Å². The van der Waals surface area contributed by atoms with Crippen LogP contribution in [0.5, 0.6) is 0 Å². The first-order chi connectivity index (χ1) is 6.06. The summed E-state index contributed by atoms with van der Waals surface area (Å²) in [5.41, 5.74) is 5.87. The molecule has 0 atom stereocenters. The van der Waals surface area contributed by atoms with E-state index in [0.717, 1.165) is 0 Å².